The molecule has 0 unspecified atom stereocenters. The Labute approximate surface area is 117 Å². The third kappa shape index (κ3) is 2.16. The van der Waals surface area contributed by atoms with Crippen LogP contribution in [0.4, 0.5) is 0 Å². The third-order valence-corrected chi connectivity index (χ3v) is 3.01. The van der Waals surface area contributed by atoms with Crippen molar-refractivity contribution in [3.8, 4) is 0 Å². The number of nitrogens with one attached hydrogen (secondary N) is 1. The van der Waals surface area contributed by atoms with Gasteiger partial charge in [0.05, 0.1) is 17.9 Å². The van der Waals surface area contributed by atoms with Gasteiger partial charge in [0, 0.05) is 6.07 Å². The first-order chi connectivity index (χ1) is 10.1. The lowest BCUT2D eigenvalue weighted by Gasteiger charge is -2.04. The number of aromatic nitrogens is 7. The van der Waals surface area contributed by atoms with Gasteiger partial charge in [-0.1, -0.05) is 12.1 Å². The normalized spacial score (nSPS) is 11.1. The monoisotopic (exact) mass is 289 g/mol. The summed E-state index contributed by atoms with van der Waals surface area (Å²) in [4.78, 5) is 31.0. The van der Waals surface area contributed by atoms with Crippen LogP contribution in [0.1, 0.15) is 28.8 Å². The van der Waals surface area contributed by atoms with E-state index in [2.05, 4.69) is 25.4 Å². The standard InChI is InChI=1S/C11H11N7O3/c1-2-7-9(10(20)21)15-16-17(7)4-6-3-8(19)18-11(14-6)12-5-13-18/h3,5H,2,4H2,1H3,(H,20,21)(H,12,13,14). The smallest absolute Gasteiger partial charge is 0.358 e. The van der Waals surface area contributed by atoms with Crippen molar-refractivity contribution in [1.29, 1.82) is 0 Å². The van der Waals surface area contributed by atoms with E-state index in [1.165, 1.54) is 21.6 Å². The first-order valence-electron chi connectivity index (χ1n) is 6.18. The van der Waals surface area contributed by atoms with Crippen LogP contribution < -0.4 is 5.56 Å². The van der Waals surface area contributed by atoms with Crippen molar-refractivity contribution in [2.45, 2.75) is 19.9 Å². The van der Waals surface area contributed by atoms with E-state index in [0.717, 1.165) is 0 Å². The number of H-pyrrole nitrogens is 1. The molecule has 21 heavy (non-hydrogen) atoms. The summed E-state index contributed by atoms with van der Waals surface area (Å²) >= 11 is 0. The maximum absolute atomic E-state index is 11.8. The van der Waals surface area contributed by atoms with E-state index in [1.54, 1.807) is 6.92 Å². The van der Waals surface area contributed by atoms with Crippen molar-refractivity contribution in [3.63, 3.8) is 0 Å². The summed E-state index contributed by atoms with van der Waals surface area (Å²) in [7, 11) is 0. The van der Waals surface area contributed by atoms with Gasteiger partial charge in [-0.25, -0.2) is 19.4 Å². The molecule has 2 N–H and O–H groups in total. The summed E-state index contributed by atoms with van der Waals surface area (Å²) < 4.78 is 2.63. The lowest BCUT2D eigenvalue weighted by molar-refractivity contribution is 0.0689. The number of aromatic amines is 1. The fourth-order valence-electron chi connectivity index (χ4n) is 2.08. The Balaban J connectivity index is 2.02. The molecule has 0 radical (unpaired) electrons. The van der Waals surface area contributed by atoms with E-state index >= 15 is 0 Å². The molecule has 10 nitrogen and oxygen atoms in total. The molecule has 0 aliphatic rings. The zero-order valence-corrected chi connectivity index (χ0v) is 11.0. The Kier molecular flexibility index (Phi) is 2.97. The number of carboxylic acid groups (broad SMARTS) is 1. The molecular weight excluding hydrogens is 278 g/mol. The fourth-order valence-corrected chi connectivity index (χ4v) is 2.08. The van der Waals surface area contributed by atoms with E-state index in [-0.39, 0.29) is 23.6 Å². The largest absolute Gasteiger partial charge is 0.476 e. The number of carbonyl (C=O) groups is 1. The molecule has 0 bridgehead atoms. The van der Waals surface area contributed by atoms with Gasteiger partial charge >= 0.3 is 5.97 Å². The predicted molar refractivity (Wildman–Crippen MR) is 69.1 cm³/mol. The first-order valence-corrected chi connectivity index (χ1v) is 6.18. The molecule has 0 saturated heterocycles. The number of hydrogen-bond donors (Lipinski definition) is 2. The summed E-state index contributed by atoms with van der Waals surface area (Å²) in [5, 5.41) is 19.1. The molecule has 0 spiro atoms. The minimum Gasteiger partial charge on any atom is -0.476 e. The molecule has 0 aliphatic carbocycles. The summed E-state index contributed by atoms with van der Waals surface area (Å²) in [5.41, 5.74) is 0.523. The first kappa shape index (κ1) is 13.0. The molecule has 0 fully saturated rings. The van der Waals surface area contributed by atoms with E-state index in [0.29, 0.717) is 17.8 Å². The van der Waals surface area contributed by atoms with Gasteiger partial charge in [0.15, 0.2) is 5.69 Å². The molecule has 0 aliphatic heterocycles. The quantitative estimate of drug-likeness (QED) is 0.650. The maximum Gasteiger partial charge on any atom is 0.358 e. The molecule has 10 heteroatoms. The highest BCUT2D eigenvalue weighted by molar-refractivity contribution is 5.86. The van der Waals surface area contributed by atoms with Crippen LogP contribution in [0.5, 0.6) is 0 Å². The molecular formula is C11H11N7O3. The highest BCUT2D eigenvalue weighted by Gasteiger charge is 2.18. The van der Waals surface area contributed by atoms with Crippen LogP contribution in [-0.4, -0.2) is 45.7 Å². The Morgan fingerprint density at radius 3 is 3.00 bits per heavy atom. The van der Waals surface area contributed by atoms with Gasteiger partial charge in [0.25, 0.3) is 11.3 Å². The molecule has 3 rings (SSSR count). The van der Waals surface area contributed by atoms with Gasteiger partial charge in [0.1, 0.15) is 6.33 Å². The number of fused-ring (bicyclic) bond motifs is 1. The SMILES string of the molecule is CCc1c(C(=O)O)nnn1Cc1cc(=O)n2[nH]cnc2n1. The Morgan fingerprint density at radius 1 is 1.48 bits per heavy atom. The molecule has 3 heterocycles. The second-order valence-electron chi connectivity index (χ2n) is 4.31. The molecule has 0 saturated carbocycles. The Morgan fingerprint density at radius 2 is 2.29 bits per heavy atom. The minimum atomic E-state index is -1.13. The number of aromatic carboxylic acids is 1. The molecule has 3 aromatic heterocycles. The van der Waals surface area contributed by atoms with Gasteiger partial charge in [-0.2, -0.15) is 4.52 Å². The van der Waals surface area contributed by atoms with Gasteiger partial charge in [-0.15, -0.1) is 5.10 Å². The molecule has 3 aromatic rings. The number of hydrogen-bond acceptors (Lipinski definition) is 6. The zero-order valence-electron chi connectivity index (χ0n) is 11.0. The topological polar surface area (TPSA) is 131 Å². The summed E-state index contributed by atoms with van der Waals surface area (Å²) in [6.45, 7) is 1.96. The lowest BCUT2D eigenvalue weighted by Crippen LogP contribution is -2.18. The minimum absolute atomic E-state index is 0.0879. The van der Waals surface area contributed by atoms with Gasteiger partial charge in [0.2, 0.25) is 0 Å². The zero-order chi connectivity index (χ0) is 15.0. The summed E-state index contributed by atoms with van der Waals surface area (Å²) in [6, 6.07) is 1.34. The fraction of sp³-hybridized carbons (Fsp3) is 0.273. The van der Waals surface area contributed by atoms with E-state index in [4.69, 9.17) is 5.11 Å². The van der Waals surface area contributed by atoms with Crippen LogP contribution >= 0.6 is 0 Å². The maximum atomic E-state index is 11.8. The third-order valence-electron chi connectivity index (χ3n) is 3.01. The number of rotatable bonds is 4. The van der Waals surface area contributed by atoms with Crippen LogP contribution in [0.15, 0.2) is 17.2 Å². The van der Waals surface area contributed by atoms with Crippen LogP contribution in [0.3, 0.4) is 0 Å². The van der Waals surface area contributed by atoms with Crippen molar-refractivity contribution in [1.82, 2.24) is 34.6 Å². The van der Waals surface area contributed by atoms with Crippen molar-refractivity contribution < 1.29 is 9.90 Å². The number of carboxylic acids is 1. The second-order valence-corrected chi connectivity index (χ2v) is 4.31. The van der Waals surface area contributed by atoms with Crippen LogP contribution in [0.2, 0.25) is 0 Å². The molecule has 0 atom stereocenters. The molecule has 0 aromatic carbocycles. The summed E-state index contributed by atoms with van der Waals surface area (Å²) in [6.07, 6.45) is 1.82. The average molecular weight is 289 g/mol. The van der Waals surface area contributed by atoms with Gasteiger partial charge in [-0.05, 0) is 6.42 Å². The average Bonchev–Trinajstić information content (AvgIpc) is 3.05. The van der Waals surface area contributed by atoms with Crippen LogP contribution in [0.25, 0.3) is 5.78 Å². The van der Waals surface area contributed by atoms with Gasteiger partial charge in [-0.3, -0.25) is 9.89 Å². The van der Waals surface area contributed by atoms with Gasteiger partial charge < -0.3 is 5.11 Å². The van der Waals surface area contributed by atoms with E-state index < -0.39 is 5.97 Å². The molecule has 108 valence electrons. The predicted octanol–water partition coefficient (Wildman–Crippen LogP) is -0.682. The van der Waals surface area contributed by atoms with Crippen molar-refractivity contribution in [2.24, 2.45) is 0 Å². The number of nitrogens with zero attached hydrogens (tertiary/aromatic N) is 6. The van der Waals surface area contributed by atoms with E-state index in [1.807, 2.05) is 0 Å². The van der Waals surface area contributed by atoms with Crippen molar-refractivity contribution in [2.75, 3.05) is 0 Å². The second kappa shape index (κ2) is 4.81. The Hall–Kier alpha value is -3.04. The van der Waals surface area contributed by atoms with Crippen molar-refractivity contribution >= 4 is 11.7 Å². The van der Waals surface area contributed by atoms with Crippen LogP contribution in [0, 0.1) is 0 Å². The highest BCUT2D eigenvalue weighted by Crippen LogP contribution is 2.08. The lowest BCUT2D eigenvalue weighted by atomic mass is 10.2. The highest BCUT2D eigenvalue weighted by atomic mass is 16.4. The summed E-state index contributed by atoms with van der Waals surface area (Å²) in [5.74, 6) is -0.886. The van der Waals surface area contributed by atoms with Crippen molar-refractivity contribution in [3.05, 3.63) is 39.8 Å². The van der Waals surface area contributed by atoms with E-state index in [9.17, 15) is 9.59 Å². The Bertz CT molecular complexity index is 875. The molecule has 0 amide bonds. The van der Waals surface area contributed by atoms with Crippen LogP contribution in [-0.2, 0) is 13.0 Å².